The molecular formula is C72H122O6. The second-order valence-corrected chi connectivity index (χ2v) is 21.6. The molecule has 0 aliphatic rings. The molecule has 0 rings (SSSR count). The Hall–Kier alpha value is -3.93. The summed E-state index contributed by atoms with van der Waals surface area (Å²) >= 11 is 0. The number of esters is 3. The van der Waals surface area contributed by atoms with Crippen molar-refractivity contribution in [2.24, 2.45) is 0 Å². The highest BCUT2D eigenvalue weighted by atomic mass is 16.6. The van der Waals surface area contributed by atoms with Crippen LogP contribution in [0.25, 0.3) is 0 Å². The Kier molecular flexibility index (Phi) is 62.3. The monoisotopic (exact) mass is 1080 g/mol. The van der Waals surface area contributed by atoms with Gasteiger partial charge in [0, 0.05) is 19.3 Å². The first-order chi connectivity index (χ1) is 38.5. The number of allylic oxidation sites excluding steroid dienone is 18. The van der Waals surface area contributed by atoms with Crippen molar-refractivity contribution in [2.45, 2.75) is 316 Å². The Morgan fingerprint density at radius 2 is 0.526 bits per heavy atom. The van der Waals surface area contributed by atoms with Crippen molar-refractivity contribution in [3.8, 4) is 0 Å². The van der Waals surface area contributed by atoms with Gasteiger partial charge in [-0.2, -0.15) is 0 Å². The highest BCUT2D eigenvalue weighted by molar-refractivity contribution is 5.71. The number of ether oxygens (including phenoxy) is 3. The van der Waals surface area contributed by atoms with E-state index in [0.717, 1.165) is 103 Å². The Morgan fingerprint density at radius 1 is 0.269 bits per heavy atom. The molecule has 446 valence electrons. The van der Waals surface area contributed by atoms with Gasteiger partial charge in [-0.1, -0.05) is 304 Å². The highest BCUT2D eigenvalue weighted by Gasteiger charge is 2.19. The number of hydrogen-bond acceptors (Lipinski definition) is 6. The quantitative estimate of drug-likeness (QED) is 0.0261. The zero-order valence-electron chi connectivity index (χ0n) is 51.2. The molecule has 0 saturated heterocycles. The van der Waals surface area contributed by atoms with Crippen molar-refractivity contribution >= 4 is 17.9 Å². The molecular weight excluding hydrogens is 961 g/mol. The van der Waals surface area contributed by atoms with Gasteiger partial charge in [0.1, 0.15) is 13.2 Å². The van der Waals surface area contributed by atoms with Gasteiger partial charge >= 0.3 is 17.9 Å². The first kappa shape index (κ1) is 74.1. The van der Waals surface area contributed by atoms with Crippen LogP contribution < -0.4 is 0 Å². The SMILES string of the molecule is CC/C=C\C/C=C\C/C=C\C/C=C\C/C=C\C/C=C\CCC(=O)OC(COC(=O)CCCCCCCC/C=C\C/C=C\C/C=C\CCCCC)COC(=O)CCCCCCCCCCCCCCCCCCCCCCCC. The van der Waals surface area contributed by atoms with E-state index in [0.29, 0.717) is 19.3 Å². The fourth-order valence-corrected chi connectivity index (χ4v) is 9.12. The van der Waals surface area contributed by atoms with E-state index in [1.165, 1.54) is 161 Å². The summed E-state index contributed by atoms with van der Waals surface area (Å²) in [5, 5.41) is 0. The average molecular weight is 1080 g/mol. The summed E-state index contributed by atoms with van der Waals surface area (Å²) < 4.78 is 16.9. The molecule has 1 atom stereocenters. The number of carbonyl (C=O) groups is 3. The predicted molar refractivity (Wildman–Crippen MR) is 339 cm³/mol. The van der Waals surface area contributed by atoms with Crippen molar-refractivity contribution in [1.82, 2.24) is 0 Å². The number of unbranched alkanes of at least 4 members (excludes halogenated alkanes) is 30. The molecule has 0 N–H and O–H groups in total. The van der Waals surface area contributed by atoms with E-state index in [9.17, 15) is 14.4 Å². The Labute approximate surface area is 482 Å². The third-order valence-electron chi connectivity index (χ3n) is 14.0. The van der Waals surface area contributed by atoms with Crippen molar-refractivity contribution < 1.29 is 28.6 Å². The van der Waals surface area contributed by atoms with Gasteiger partial charge in [0.25, 0.3) is 0 Å². The molecule has 0 spiro atoms. The first-order valence-electron chi connectivity index (χ1n) is 32.9. The topological polar surface area (TPSA) is 78.9 Å². The minimum absolute atomic E-state index is 0.111. The zero-order valence-corrected chi connectivity index (χ0v) is 51.2. The van der Waals surface area contributed by atoms with Crippen LogP contribution in [0.3, 0.4) is 0 Å². The summed E-state index contributed by atoms with van der Waals surface area (Å²) in [6.07, 6.45) is 89.7. The predicted octanol–water partition coefficient (Wildman–Crippen LogP) is 22.6. The summed E-state index contributed by atoms with van der Waals surface area (Å²) in [4.78, 5) is 38.3. The molecule has 0 amide bonds. The van der Waals surface area contributed by atoms with E-state index in [4.69, 9.17) is 14.2 Å². The maximum atomic E-state index is 12.9. The van der Waals surface area contributed by atoms with Gasteiger partial charge in [0.15, 0.2) is 6.10 Å². The van der Waals surface area contributed by atoms with Crippen molar-refractivity contribution in [3.05, 3.63) is 109 Å². The van der Waals surface area contributed by atoms with E-state index in [1.54, 1.807) is 0 Å². The van der Waals surface area contributed by atoms with E-state index in [2.05, 4.69) is 124 Å². The highest BCUT2D eigenvalue weighted by Crippen LogP contribution is 2.17. The number of hydrogen-bond donors (Lipinski definition) is 0. The van der Waals surface area contributed by atoms with Crippen molar-refractivity contribution in [2.75, 3.05) is 13.2 Å². The van der Waals surface area contributed by atoms with Gasteiger partial charge in [-0.25, -0.2) is 0 Å². The molecule has 0 bridgehead atoms. The molecule has 78 heavy (non-hydrogen) atoms. The lowest BCUT2D eigenvalue weighted by molar-refractivity contribution is -0.166. The minimum Gasteiger partial charge on any atom is -0.462 e. The molecule has 0 aromatic heterocycles. The molecule has 1 unspecified atom stereocenters. The van der Waals surface area contributed by atoms with Crippen LogP contribution in [0.1, 0.15) is 310 Å². The van der Waals surface area contributed by atoms with Crippen molar-refractivity contribution in [1.29, 1.82) is 0 Å². The number of carbonyl (C=O) groups excluding carboxylic acids is 3. The molecule has 6 heteroatoms. The molecule has 0 saturated carbocycles. The third-order valence-corrected chi connectivity index (χ3v) is 14.0. The molecule has 0 heterocycles. The summed E-state index contributed by atoms with van der Waals surface area (Å²) in [7, 11) is 0. The smallest absolute Gasteiger partial charge is 0.306 e. The van der Waals surface area contributed by atoms with Crippen LogP contribution in [0.2, 0.25) is 0 Å². The molecule has 0 aromatic carbocycles. The first-order valence-corrected chi connectivity index (χ1v) is 32.9. The summed E-state index contributed by atoms with van der Waals surface area (Å²) in [6, 6.07) is 0. The Morgan fingerprint density at radius 3 is 0.859 bits per heavy atom. The lowest BCUT2D eigenvalue weighted by Gasteiger charge is -2.18. The van der Waals surface area contributed by atoms with Crippen LogP contribution in [0.5, 0.6) is 0 Å². The van der Waals surface area contributed by atoms with Crippen LogP contribution in [0.4, 0.5) is 0 Å². The Balaban J connectivity index is 4.47. The summed E-state index contributed by atoms with van der Waals surface area (Å²) in [6.45, 7) is 6.46. The van der Waals surface area contributed by atoms with Crippen molar-refractivity contribution in [3.63, 3.8) is 0 Å². The lowest BCUT2D eigenvalue weighted by atomic mass is 10.0. The maximum absolute atomic E-state index is 12.9. The molecule has 0 fully saturated rings. The second-order valence-electron chi connectivity index (χ2n) is 21.6. The second kappa shape index (κ2) is 65.6. The largest absolute Gasteiger partial charge is 0.462 e. The van der Waals surface area contributed by atoms with E-state index < -0.39 is 12.1 Å². The van der Waals surface area contributed by atoms with Gasteiger partial charge in [0.2, 0.25) is 0 Å². The molecule has 0 aromatic rings. The third kappa shape index (κ3) is 62.9. The number of rotatable bonds is 59. The molecule has 0 aliphatic heterocycles. The van der Waals surface area contributed by atoms with E-state index in [1.807, 2.05) is 6.08 Å². The van der Waals surface area contributed by atoms with Crippen LogP contribution in [-0.2, 0) is 28.6 Å². The van der Waals surface area contributed by atoms with E-state index in [-0.39, 0.29) is 31.6 Å². The van der Waals surface area contributed by atoms with Gasteiger partial charge in [-0.15, -0.1) is 0 Å². The molecule has 0 aliphatic carbocycles. The normalized spacial score (nSPS) is 12.8. The van der Waals surface area contributed by atoms with Gasteiger partial charge < -0.3 is 14.2 Å². The fraction of sp³-hybridized carbons (Fsp3) is 0.708. The lowest BCUT2D eigenvalue weighted by Crippen LogP contribution is -2.30. The van der Waals surface area contributed by atoms with Gasteiger partial charge in [0.05, 0.1) is 0 Å². The summed E-state index contributed by atoms with van der Waals surface area (Å²) in [5.41, 5.74) is 0. The van der Waals surface area contributed by atoms with Gasteiger partial charge in [-0.05, 0) is 96.3 Å². The molecule has 0 radical (unpaired) electrons. The summed E-state index contributed by atoms with van der Waals surface area (Å²) in [5.74, 6) is -0.999. The Bertz CT molecular complexity index is 1570. The minimum atomic E-state index is -0.826. The average Bonchev–Trinajstić information content (AvgIpc) is 3.44. The zero-order chi connectivity index (χ0) is 56.4. The van der Waals surface area contributed by atoms with Gasteiger partial charge in [-0.3, -0.25) is 14.4 Å². The van der Waals surface area contributed by atoms with Crippen LogP contribution in [0, 0.1) is 0 Å². The van der Waals surface area contributed by atoms with Crippen LogP contribution >= 0.6 is 0 Å². The van der Waals surface area contributed by atoms with Crippen LogP contribution in [0.15, 0.2) is 109 Å². The fourth-order valence-electron chi connectivity index (χ4n) is 9.12. The van der Waals surface area contributed by atoms with Crippen LogP contribution in [-0.4, -0.2) is 37.2 Å². The standard InChI is InChI=1S/C72H122O6/c1-4-7-10-13-16-19-22-25-28-31-34-35-36-39-41-44-47-50-53-56-59-62-65-71(74)77-68-69(78-72(75)66-63-60-57-54-51-48-45-42-38-33-30-27-24-21-18-15-12-9-6-3)67-76-70(73)64-61-58-55-52-49-46-43-40-37-32-29-26-23-20-17-14-11-8-5-2/h9,12,17-18,20-21,26-27,29-30,37-38,40,42,48,51,57,60,69H,4-8,10-11,13-16,19,22-25,28,31-36,39,41,43-47,49-50,52-56,58-59,61-68H2,1-3H3/b12-9-,20-17-,21-18-,29-26-,30-27-,40-37-,42-38-,51-48-,60-57-. The van der Waals surface area contributed by atoms with E-state index >= 15 is 0 Å². The molecule has 6 nitrogen and oxygen atoms in total. The maximum Gasteiger partial charge on any atom is 0.306 e.